The van der Waals surface area contributed by atoms with Crippen LogP contribution in [0.25, 0.3) is 0 Å². The maximum absolute atomic E-state index is 5.82. The predicted molar refractivity (Wildman–Crippen MR) is 68.8 cm³/mol. The summed E-state index contributed by atoms with van der Waals surface area (Å²) in [5.41, 5.74) is 8.45. The minimum Gasteiger partial charge on any atom is -0.330 e. The number of nitrogens with zero attached hydrogens (tertiary/aromatic N) is 1. The minimum atomic E-state index is 0.349. The van der Waals surface area contributed by atoms with Gasteiger partial charge in [0.15, 0.2) is 0 Å². The molecule has 0 aliphatic carbocycles. The molecule has 1 unspecified atom stereocenters. The van der Waals surface area contributed by atoms with Crippen molar-refractivity contribution in [1.82, 2.24) is 4.98 Å². The van der Waals surface area contributed by atoms with Crippen molar-refractivity contribution in [2.75, 3.05) is 6.54 Å². The summed E-state index contributed by atoms with van der Waals surface area (Å²) < 4.78 is 0. The molecule has 0 aliphatic rings. The Balaban J connectivity index is 2.13. The summed E-state index contributed by atoms with van der Waals surface area (Å²) in [4.78, 5) is 4.34. The fourth-order valence-electron chi connectivity index (χ4n) is 1.83. The van der Waals surface area contributed by atoms with Gasteiger partial charge in [0, 0.05) is 24.0 Å². The molecule has 3 heteroatoms. The highest BCUT2D eigenvalue weighted by Gasteiger charge is 2.12. The summed E-state index contributed by atoms with van der Waals surface area (Å²) in [7, 11) is 0. The highest BCUT2D eigenvalue weighted by molar-refractivity contribution is 7.09. The molecule has 16 heavy (non-hydrogen) atoms. The topological polar surface area (TPSA) is 38.9 Å². The number of hydrogen-bond donors (Lipinski definition) is 1. The van der Waals surface area contributed by atoms with Crippen molar-refractivity contribution in [3.8, 4) is 0 Å². The van der Waals surface area contributed by atoms with E-state index < -0.39 is 0 Å². The molecule has 0 saturated heterocycles. The Bertz CT molecular complexity index is 437. The van der Waals surface area contributed by atoms with Gasteiger partial charge < -0.3 is 5.73 Å². The zero-order valence-corrected chi connectivity index (χ0v) is 10.2. The first-order valence-electron chi connectivity index (χ1n) is 5.44. The highest BCUT2D eigenvalue weighted by atomic mass is 32.1. The molecule has 2 N–H and O–H groups in total. The van der Waals surface area contributed by atoms with Gasteiger partial charge in [0.05, 0.1) is 5.01 Å². The van der Waals surface area contributed by atoms with E-state index in [0.29, 0.717) is 12.5 Å². The van der Waals surface area contributed by atoms with Crippen molar-refractivity contribution in [3.05, 3.63) is 52.0 Å². The van der Waals surface area contributed by atoms with E-state index in [4.69, 9.17) is 5.73 Å². The van der Waals surface area contributed by atoms with Gasteiger partial charge in [0.1, 0.15) is 0 Å². The molecule has 2 rings (SSSR count). The van der Waals surface area contributed by atoms with Crippen LogP contribution in [-0.4, -0.2) is 11.5 Å². The van der Waals surface area contributed by atoms with Crippen LogP contribution in [-0.2, 0) is 6.42 Å². The van der Waals surface area contributed by atoms with Crippen LogP contribution in [0.2, 0.25) is 0 Å². The van der Waals surface area contributed by atoms with E-state index in [1.54, 1.807) is 11.3 Å². The lowest BCUT2D eigenvalue weighted by Gasteiger charge is -2.12. The van der Waals surface area contributed by atoms with Gasteiger partial charge in [-0.05, 0) is 18.9 Å². The molecule has 1 aromatic heterocycles. The SMILES string of the molecule is Cc1cccc(CC(CN)c2nccs2)c1. The van der Waals surface area contributed by atoms with Crippen molar-refractivity contribution >= 4 is 11.3 Å². The Labute approximate surface area is 100 Å². The van der Waals surface area contributed by atoms with Gasteiger partial charge in [-0.25, -0.2) is 4.98 Å². The molecule has 0 fully saturated rings. The van der Waals surface area contributed by atoms with Crippen LogP contribution < -0.4 is 5.73 Å². The molecule has 1 aromatic carbocycles. The van der Waals surface area contributed by atoms with Gasteiger partial charge in [0.2, 0.25) is 0 Å². The lowest BCUT2D eigenvalue weighted by Crippen LogP contribution is -2.14. The number of benzene rings is 1. The molecule has 0 radical (unpaired) electrons. The van der Waals surface area contributed by atoms with Crippen LogP contribution in [0.1, 0.15) is 22.1 Å². The number of aromatic nitrogens is 1. The fraction of sp³-hybridized carbons (Fsp3) is 0.308. The highest BCUT2D eigenvalue weighted by Crippen LogP contribution is 2.22. The van der Waals surface area contributed by atoms with Gasteiger partial charge in [-0.1, -0.05) is 29.8 Å². The molecule has 2 nitrogen and oxygen atoms in total. The molecule has 0 amide bonds. The van der Waals surface area contributed by atoms with Crippen LogP contribution in [0.15, 0.2) is 35.8 Å². The Morgan fingerprint density at radius 2 is 2.31 bits per heavy atom. The van der Waals surface area contributed by atoms with E-state index in [9.17, 15) is 0 Å². The Hall–Kier alpha value is -1.19. The van der Waals surface area contributed by atoms with E-state index in [0.717, 1.165) is 11.4 Å². The standard InChI is InChI=1S/C13H16N2S/c1-10-3-2-4-11(7-10)8-12(9-14)13-15-5-6-16-13/h2-7,12H,8-9,14H2,1H3. The molecular weight excluding hydrogens is 216 g/mol. The molecule has 0 bridgehead atoms. The summed E-state index contributed by atoms with van der Waals surface area (Å²) in [5, 5.41) is 3.15. The minimum absolute atomic E-state index is 0.349. The second-order valence-corrected chi connectivity index (χ2v) is 4.92. The van der Waals surface area contributed by atoms with Gasteiger partial charge in [-0.15, -0.1) is 11.3 Å². The number of aryl methyl sites for hydroxylation is 1. The average Bonchev–Trinajstić information content (AvgIpc) is 2.79. The van der Waals surface area contributed by atoms with E-state index in [1.165, 1.54) is 11.1 Å². The van der Waals surface area contributed by atoms with Crippen molar-refractivity contribution in [2.45, 2.75) is 19.3 Å². The molecule has 2 aromatic rings. The van der Waals surface area contributed by atoms with E-state index in [2.05, 4.69) is 36.2 Å². The second-order valence-electron chi connectivity index (χ2n) is 4.00. The van der Waals surface area contributed by atoms with Crippen molar-refractivity contribution in [1.29, 1.82) is 0 Å². The molecule has 84 valence electrons. The summed E-state index contributed by atoms with van der Waals surface area (Å²) in [5.74, 6) is 0.349. The van der Waals surface area contributed by atoms with E-state index in [-0.39, 0.29) is 0 Å². The summed E-state index contributed by atoms with van der Waals surface area (Å²) in [6, 6.07) is 8.59. The van der Waals surface area contributed by atoms with Crippen LogP contribution >= 0.6 is 11.3 Å². The van der Waals surface area contributed by atoms with Crippen LogP contribution in [0.4, 0.5) is 0 Å². The lowest BCUT2D eigenvalue weighted by molar-refractivity contribution is 0.688. The first-order valence-corrected chi connectivity index (χ1v) is 6.32. The third-order valence-corrected chi connectivity index (χ3v) is 3.59. The van der Waals surface area contributed by atoms with E-state index in [1.807, 2.05) is 11.6 Å². The first-order chi connectivity index (χ1) is 7.79. The van der Waals surface area contributed by atoms with Crippen molar-refractivity contribution in [3.63, 3.8) is 0 Å². The summed E-state index contributed by atoms with van der Waals surface area (Å²) >= 11 is 1.69. The average molecular weight is 232 g/mol. The maximum atomic E-state index is 5.82. The molecule has 0 saturated carbocycles. The van der Waals surface area contributed by atoms with Gasteiger partial charge >= 0.3 is 0 Å². The monoisotopic (exact) mass is 232 g/mol. The Morgan fingerprint density at radius 1 is 1.44 bits per heavy atom. The number of rotatable bonds is 4. The van der Waals surface area contributed by atoms with Crippen molar-refractivity contribution in [2.24, 2.45) is 5.73 Å². The van der Waals surface area contributed by atoms with Crippen LogP contribution in [0.5, 0.6) is 0 Å². The van der Waals surface area contributed by atoms with Crippen LogP contribution in [0.3, 0.4) is 0 Å². The van der Waals surface area contributed by atoms with Gasteiger partial charge in [0.25, 0.3) is 0 Å². The van der Waals surface area contributed by atoms with Gasteiger partial charge in [-0.3, -0.25) is 0 Å². The quantitative estimate of drug-likeness (QED) is 0.880. The molecular formula is C13H16N2S. The van der Waals surface area contributed by atoms with Gasteiger partial charge in [-0.2, -0.15) is 0 Å². The zero-order valence-electron chi connectivity index (χ0n) is 9.39. The Kier molecular flexibility index (Phi) is 3.70. The molecule has 0 aliphatic heterocycles. The summed E-state index contributed by atoms with van der Waals surface area (Å²) in [6.45, 7) is 2.77. The largest absolute Gasteiger partial charge is 0.330 e. The molecule has 1 heterocycles. The van der Waals surface area contributed by atoms with Crippen LogP contribution in [0, 0.1) is 6.92 Å². The molecule has 0 spiro atoms. The second kappa shape index (κ2) is 5.23. The first kappa shape index (κ1) is 11.3. The third-order valence-electron chi connectivity index (χ3n) is 2.65. The number of thiazole rings is 1. The summed E-state index contributed by atoms with van der Waals surface area (Å²) in [6.07, 6.45) is 2.82. The number of hydrogen-bond acceptors (Lipinski definition) is 3. The number of nitrogens with two attached hydrogens (primary N) is 1. The Morgan fingerprint density at radius 3 is 2.94 bits per heavy atom. The maximum Gasteiger partial charge on any atom is 0.0971 e. The normalized spacial score (nSPS) is 12.6. The zero-order chi connectivity index (χ0) is 11.4. The predicted octanol–water partition coefficient (Wildman–Crippen LogP) is 2.74. The molecule has 1 atom stereocenters. The van der Waals surface area contributed by atoms with Crippen molar-refractivity contribution < 1.29 is 0 Å². The fourth-order valence-corrected chi connectivity index (χ4v) is 2.59. The van der Waals surface area contributed by atoms with E-state index >= 15 is 0 Å². The lowest BCUT2D eigenvalue weighted by atomic mass is 9.99. The third kappa shape index (κ3) is 2.68. The smallest absolute Gasteiger partial charge is 0.0971 e.